The van der Waals surface area contributed by atoms with Crippen LogP contribution in [-0.2, 0) is 33.2 Å². The number of carbonyl (C=O) groups is 1. The Bertz CT molecular complexity index is 675. The first-order valence-electron chi connectivity index (χ1n) is 12.2. The fourth-order valence-corrected chi connectivity index (χ4v) is 5.81. The van der Waals surface area contributed by atoms with Gasteiger partial charge in [0.15, 0.2) is 17.9 Å². The highest BCUT2D eigenvalue weighted by atomic mass is 16.9. The summed E-state index contributed by atoms with van der Waals surface area (Å²) in [6, 6.07) is 0. The van der Waals surface area contributed by atoms with Crippen LogP contribution < -0.4 is 0 Å². The standard InChI is InChI=1S/C24H36O7/c1-16(2)21(25)26-15-17-18-19(29-23(28-18)11-7-3-4-8-12-23)20-22(27-17)31-24(30-20)13-9-5-6-10-14-24/h17-20,22H,1,3-15H2,2H3/t17-,18-,19+,20+,22-/m1/s1. The average molecular weight is 437 g/mol. The molecule has 0 unspecified atom stereocenters. The lowest BCUT2D eigenvalue weighted by Gasteiger charge is -2.36. The van der Waals surface area contributed by atoms with Crippen molar-refractivity contribution in [2.75, 3.05) is 6.61 Å². The Hall–Kier alpha value is -0.990. The van der Waals surface area contributed by atoms with Crippen molar-refractivity contribution in [2.24, 2.45) is 0 Å². The van der Waals surface area contributed by atoms with Gasteiger partial charge in [-0.05, 0) is 32.6 Å². The van der Waals surface area contributed by atoms with E-state index in [9.17, 15) is 4.79 Å². The normalized spacial score (nSPS) is 38.8. The van der Waals surface area contributed by atoms with Crippen LogP contribution in [0.25, 0.3) is 0 Å². The molecule has 5 fully saturated rings. The second kappa shape index (κ2) is 8.75. The zero-order valence-electron chi connectivity index (χ0n) is 18.6. The van der Waals surface area contributed by atoms with Gasteiger partial charge >= 0.3 is 5.97 Å². The molecule has 0 aromatic rings. The zero-order chi connectivity index (χ0) is 21.5. The molecule has 5 rings (SSSR count). The van der Waals surface area contributed by atoms with Crippen LogP contribution in [0.15, 0.2) is 12.2 Å². The van der Waals surface area contributed by atoms with Gasteiger partial charge in [0.2, 0.25) is 0 Å². The predicted octanol–water partition coefficient (Wildman–Crippen LogP) is 4.13. The molecule has 5 aliphatic rings. The maximum Gasteiger partial charge on any atom is 0.333 e. The van der Waals surface area contributed by atoms with Crippen LogP contribution in [0.5, 0.6) is 0 Å². The van der Waals surface area contributed by atoms with Crippen LogP contribution in [0.1, 0.15) is 84.0 Å². The Kier molecular flexibility index (Phi) is 6.16. The van der Waals surface area contributed by atoms with Crippen molar-refractivity contribution >= 4 is 5.97 Å². The molecule has 7 heteroatoms. The van der Waals surface area contributed by atoms with E-state index in [1.54, 1.807) is 6.92 Å². The summed E-state index contributed by atoms with van der Waals surface area (Å²) in [5.74, 6) is -1.61. The Morgan fingerprint density at radius 2 is 1.32 bits per heavy atom. The van der Waals surface area contributed by atoms with E-state index in [1.807, 2.05) is 0 Å². The molecule has 3 saturated heterocycles. The van der Waals surface area contributed by atoms with Gasteiger partial charge in [-0.1, -0.05) is 32.3 Å². The SMILES string of the molecule is C=C(C)C(=O)OC[C@H]1O[C@@H]2OC3(CCCCCC3)O[C@H]2[C@H]2OC3(CCCCCC3)O[C@@H]21. The molecule has 31 heavy (non-hydrogen) atoms. The third-order valence-electron chi connectivity index (χ3n) is 7.43. The van der Waals surface area contributed by atoms with E-state index in [4.69, 9.17) is 28.4 Å². The molecule has 2 saturated carbocycles. The third-order valence-corrected chi connectivity index (χ3v) is 7.43. The van der Waals surface area contributed by atoms with E-state index in [1.165, 1.54) is 25.7 Å². The zero-order valence-corrected chi connectivity index (χ0v) is 18.6. The highest BCUT2D eigenvalue weighted by molar-refractivity contribution is 5.86. The minimum atomic E-state index is -0.595. The second-order valence-corrected chi connectivity index (χ2v) is 9.94. The summed E-state index contributed by atoms with van der Waals surface area (Å²) < 4.78 is 38.1. The summed E-state index contributed by atoms with van der Waals surface area (Å²) in [5, 5.41) is 0. The number of esters is 1. The Balaban J connectivity index is 1.37. The molecule has 0 N–H and O–H groups in total. The van der Waals surface area contributed by atoms with Crippen LogP contribution in [0.3, 0.4) is 0 Å². The Morgan fingerprint density at radius 1 is 0.806 bits per heavy atom. The molecule has 3 heterocycles. The first-order chi connectivity index (χ1) is 15.0. The van der Waals surface area contributed by atoms with E-state index in [0.29, 0.717) is 5.57 Å². The largest absolute Gasteiger partial charge is 0.459 e. The highest BCUT2D eigenvalue weighted by Gasteiger charge is 2.63. The lowest BCUT2D eigenvalue weighted by atomic mass is 9.99. The average Bonchev–Trinajstić information content (AvgIpc) is 3.08. The monoisotopic (exact) mass is 436 g/mol. The fraction of sp³-hybridized carbons (Fsp3) is 0.875. The maximum absolute atomic E-state index is 12.0. The first-order valence-corrected chi connectivity index (χ1v) is 12.2. The molecule has 0 amide bonds. The van der Waals surface area contributed by atoms with Gasteiger partial charge in [0.25, 0.3) is 0 Å². The van der Waals surface area contributed by atoms with Crippen molar-refractivity contribution < 1.29 is 33.2 Å². The van der Waals surface area contributed by atoms with Crippen molar-refractivity contribution in [3.05, 3.63) is 12.2 Å². The summed E-state index contributed by atoms with van der Waals surface area (Å²) in [5.41, 5.74) is 0.368. The maximum atomic E-state index is 12.0. The molecule has 0 bridgehead atoms. The van der Waals surface area contributed by atoms with Gasteiger partial charge in [-0.25, -0.2) is 4.79 Å². The Labute approximate surface area is 184 Å². The molecule has 7 nitrogen and oxygen atoms in total. The van der Waals surface area contributed by atoms with Gasteiger partial charge in [-0.15, -0.1) is 0 Å². The minimum absolute atomic E-state index is 0.0892. The highest BCUT2D eigenvalue weighted by Crippen LogP contribution is 2.50. The summed E-state index contributed by atoms with van der Waals surface area (Å²) in [4.78, 5) is 12.0. The Morgan fingerprint density at radius 3 is 1.90 bits per heavy atom. The minimum Gasteiger partial charge on any atom is -0.459 e. The van der Waals surface area contributed by atoms with Gasteiger partial charge in [0.1, 0.15) is 31.0 Å². The quantitative estimate of drug-likeness (QED) is 0.486. The second-order valence-electron chi connectivity index (χ2n) is 9.94. The molecule has 3 aliphatic heterocycles. The van der Waals surface area contributed by atoms with Crippen molar-refractivity contribution in [3.8, 4) is 0 Å². The van der Waals surface area contributed by atoms with Gasteiger partial charge in [0, 0.05) is 31.3 Å². The van der Waals surface area contributed by atoms with Crippen LogP contribution >= 0.6 is 0 Å². The third kappa shape index (κ3) is 4.32. The summed E-state index contributed by atoms with van der Waals surface area (Å²) in [7, 11) is 0. The first kappa shape index (κ1) is 21.8. The van der Waals surface area contributed by atoms with Crippen LogP contribution in [-0.4, -0.2) is 54.9 Å². The lowest BCUT2D eigenvalue weighted by molar-refractivity contribution is -0.251. The fourth-order valence-electron chi connectivity index (χ4n) is 5.81. The molecular formula is C24H36O7. The van der Waals surface area contributed by atoms with E-state index in [2.05, 4.69) is 6.58 Å². The van der Waals surface area contributed by atoms with Crippen LogP contribution in [0.4, 0.5) is 0 Å². The molecule has 0 aromatic carbocycles. The summed E-state index contributed by atoms with van der Waals surface area (Å²) >= 11 is 0. The number of ether oxygens (including phenoxy) is 6. The topological polar surface area (TPSA) is 72.5 Å². The number of hydrogen-bond donors (Lipinski definition) is 0. The summed E-state index contributed by atoms with van der Waals surface area (Å²) in [6.07, 6.45) is 10.8. The number of hydrogen-bond acceptors (Lipinski definition) is 7. The van der Waals surface area contributed by atoms with Crippen molar-refractivity contribution in [1.29, 1.82) is 0 Å². The molecule has 0 aromatic heterocycles. The van der Waals surface area contributed by atoms with Crippen molar-refractivity contribution in [3.63, 3.8) is 0 Å². The van der Waals surface area contributed by atoms with E-state index < -0.39 is 29.9 Å². The molecule has 2 spiro atoms. The molecule has 174 valence electrons. The van der Waals surface area contributed by atoms with E-state index >= 15 is 0 Å². The van der Waals surface area contributed by atoms with Crippen molar-refractivity contribution in [2.45, 2.75) is 126 Å². The van der Waals surface area contributed by atoms with Crippen molar-refractivity contribution in [1.82, 2.24) is 0 Å². The van der Waals surface area contributed by atoms with E-state index in [-0.39, 0.29) is 24.9 Å². The van der Waals surface area contributed by atoms with Gasteiger partial charge < -0.3 is 28.4 Å². The van der Waals surface area contributed by atoms with Gasteiger partial charge in [-0.3, -0.25) is 0 Å². The number of rotatable bonds is 3. The van der Waals surface area contributed by atoms with E-state index in [0.717, 1.165) is 51.4 Å². The smallest absolute Gasteiger partial charge is 0.333 e. The molecule has 2 aliphatic carbocycles. The molecule has 0 radical (unpaired) electrons. The summed E-state index contributed by atoms with van der Waals surface area (Å²) in [6.45, 7) is 5.40. The van der Waals surface area contributed by atoms with Crippen LogP contribution in [0, 0.1) is 0 Å². The van der Waals surface area contributed by atoms with Gasteiger partial charge in [0.05, 0.1) is 0 Å². The molecular weight excluding hydrogens is 400 g/mol. The van der Waals surface area contributed by atoms with Gasteiger partial charge in [-0.2, -0.15) is 0 Å². The number of carbonyl (C=O) groups excluding carboxylic acids is 1. The predicted molar refractivity (Wildman–Crippen MR) is 111 cm³/mol. The van der Waals surface area contributed by atoms with Crippen LogP contribution in [0.2, 0.25) is 0 Å². The lowest BCUT2D eigenvalue weighted by Crippen LogP contribution is -2.56. The molecule has 5 atom stereocenters. The number of fused-ring (bicyclic) bond motifs is 3.